The molecule has 0 saturated heterocycles. The number of nitrogens with two attached hydrogens (primary N) is 1. The van der Waals surface area contributed by atoms with Gasteiger partial charge < -0.3 is 0 Å². The predicted octanol–water partition coefficient (Wildman–Crippen LogP) is 1.74. The summed E-state index contributed by atoms with van der Waals surface area (Å²) in [5.74, 6) is -1.07. The first-order chi connectivity index (χ1) is 7.84. The van der Waals surface area contributed by atoms with Crippen LogP contribution in [0.2, 0.25) is 0 Å². The molecule has 1 atom stereocenters. The fourth-order valence-electron chi connectivity index (χ4n) is 1.47. The first-order valence-corrected chi connectivity index (χ1v) is 6.95. The van der Waals surface area contributed by atoms with E-state index in [4.69, 9.17) is 5.14 Å². The third kappa shape index (κ3) is 2.15. The van der Waals surface area contributed by atoms with Crippen LogP contribution in [0.4, 0.5) is 8.78 Å². The Hall–Kier alpha value is -1.12. The zero-order valence-electron chi connectivity index (χ0n) is 8.43. The van der Waals surface area contributed by atoms with Crippen molar-refractivity contribution in [1.82, 2.24) is 4.98 Å². The maximum atomic E-state index is 14.5. The smallest absolute Gasteiger partial charge is 0.234 e. The van der Waals surface area contributed by atoms with E-state index in [0.29, 0.717) is 0 Å². The number of hydrogen-bond acceptors (Lipinski definition) is 4. The molecule has 0 amide bonds. The highest BCUT2D eigenvalue weighted by Crippen LogP contribution is 2.44. The topological polar surface area (TPSA) is 73.1 Å². The summed E-state index contributed by atoms with van der Waals surface area (Å²) in [6, 6.07) is 0. The largest absolute Gasteiger partial charge is 0.246 e. The third-order valence-corrected chi connectivity index (χ3v) is 4.27. The molecule has 1 aromatic heterocycles. The first kappa shape index (κ1) is 12.3. The Kier molecular flexibility index (Phi) is 2.88. The Morgan fingerprint density at radius 2 is 2.18 bits per heavy atom. The van der Waals surface area contributed by atoms with E-state index in [1.165, 1.54) is 11.6 Å². The van der Waals surface area contributed by atoms with Gasteiger partial charge in [0.05, 0.1) is 4.91 Å². The number of primary sulfonamides is 1. The Morgan fingerprint density at radius 3 is 2.71 bits per heavy atom. The van der Waals surface area contributed by atoms with E-state index in [1.807, 2.05) is 0 Å². The van der Waals surface area contributed by atoms with Crippen molar-refractivity contribution in [2.45, 2.75) is 12.1 Å². The highest BCUT2D eigenvalue weighted by Gasteiger charge is 2.44. The van der Waals surface area contributed by atoms with Crippen molar-refractivity contribution in [2.75, 3.05) is 0 Å². The molecule has 1 aromatic rings. The molecule has 4 nitrogen and oxygen atoms in total. The molecule has 0 fully saturated rings. The number of hydrogen-bond donors (Lipinski definition) is 1. The van der Waals surface area contributed by atoms with Gasteiger partial charge in [0, 0.05) is 18.0 Å². The van der Waals surface area contributed by atoms with E-state index in [1.54, 1.807) is 0 Å². The molecule has 0 radical (unpaired) electrons. The van der Waals surface area contributed by atoms with Crippen LogP contribution in [0, 0.1) is 0 Å². The SMILES string of the molecule is NS(=O)(=O)C1=CC=C(F)C(F)(c2nccs2)C1. The van der Waals surface area contributed by atoms with Crippen LogP contribution in [0.15, 0.2) is 34.5 Å². The van der Waals surface area contributed by atoms with Crippen LogP contribution in [-0.4, -0.2) is 13.4 Å². The number of thiazole rings is 1. The molecule has 0 aromatic carbocycles. The molecule has 92 valence electrons. The second-order valence-corrected chi connectivity index (χ2v) is 6.02. The number of aromatic nitrogens is 1. The molecule has 2 N–H and O–H groups in total. The van der Waals surface area contributed by atoms with Crippen molar-refractivity contribution < 1.29 is 17.2 Å². The van der Waals surface area contributed by atoms with Crippen LogP contribution in [0.25, 0.3) is 0 Å². The Balaban J connectivity index is 2.48. The summed E-state index contributed by atoms with van der Waals surface area (Å²) in [5.41, 5.74) is -2.54. The molecule has 17 heavy (non-hydrogen) atoms. The molecule has 0 saturated carbocycles. The number of rotatable bonds is 2. The summed E-state index contributed by atoms with van der Waals surface area (Å²) in [7, 11) is -4.02. The van der Waals surface area contributed by atoms with Crippen LogP contribution in [-0.2, 0) is 15.7 Å². The minimum Gasteiger partial charge on any atom is -0.246 e. The van der Waals surface area contributed by atoms with Crippen molar-refractivity contribution in [3.05, 3.63) is 39.5 Å². The maximum Gasteiger partial charge on any atom is 0.234 e. The van der Waals surface area contributed by atoms with Gasteiger partial charge in [-0.05, 0) is 12.2 Å². The number of nitrogens with zero attached hydrogens (tertiary/aromatic N) is 1. The number of sulfonamides is 1. The van der Waals surface area contributed by atoms with E-state index in [0.717, 1.165) is 23.5 Å². The molecule has 1 aliphatic carbocycles. The van der Waals surface area contributed by atoms with Gasteiger partial charge in [0.1, 0.15) is 10.8 Å². The van der Waals surface area contributed by atoms with Gasteiger partial charge >= 0.3 is 0 Å². The van der Waals surface area contributed by atoms with E-state index in [9.17, 15) is 17.2 Å². The highest BCUT2D eigenvalue weighted by molar-refractivity contribution is 7.93. The zero-order valence-corrected chi connectivity index (χ0v) is 10.1. The summed E-state index contributed by atoms with van der Waals surface area (Å²) in [5, 5.41) is 6.26. The van der Waals surface area contributed by atoms with Gasteiger partial charge in [-0.15, -0.1) is 11.3 Å². The number of allylic oxidation sites excluding steroid dienone is 4. The molecule has 2 rings (SSSR count). The molecule has 8 heteroatoms. The van der Waals surface area contributed by atoms with Crippen LogP contribution in [0.3, 0.4) is 0 Å². The summed E-state index contributed by atoms with van der Waals surface area (Å²) < 4.78 is 50.2. The van der Waals surface area contributed by atoms with Crippen molar-refractivity contribution in [1.29, 1.82) is 0 Å². The number of halogens is 2. The quantitative estimate of drug-likeness (QED) is 0.895. The van der Waals surface area contributed by atoms with Crippen LogP contribution in [0.1, 0.15) is 11.4 Å². The predicted molar refractivity (Wildman–Crippen MR) is 59.9 cm³/mol. The molecule has 0 spiro atoms. The van der Waals surface area contributed by atoms with Crippen LogP contribution >= 0.6 is 11.3 Å². The fraction of sp³-hybridized carbons (Fsp3) is 0.222. The molecule has 0 bridgehead atoms. The van der Waals surface area contributed by atoms with E-state index < -0.39 is 27.9 Å². The lowest BCUT2D eigenvalue weighted by molar-refractivity contribution is 0.174. The molecular formula is C9H8F2N2O2S2. The summed E-state index contributed by atoms with van der Waals surface area (Å²) in [6.07, 6.45) is 2.39. The number of alkyl halides is 1. The minimum absolute atomic E-state index is 0.125. The maximum absolute atomic E-state index is 14.5. The molecular weight excluding hydrogens is 270 g/mol. The van der Waals surface area contributed by atoms with Gasteiger partial charge in [-0.25, -0.2) is 27.3 Å². The van der Waals surface area contributed by atoms with Gasteiger partial charge in [0.25, 0.3) is 0 Å². The standard InChI is InChI=1S/C9H8F2N2O2S2/c10-7-2-1-6(17(12,14)15)5-9(7,11)8-13-3-4-16-8/h1-4H,5H2,(H2,12,14,15). The van der Waals surface area contributed by atoms with Gasteiger partial charge in [-0.1, -0.05) is 0 Å². The third-order valence-electron chi connectivity index (χ3n) is 2.35. The van der Waals surface area contributed by atoms with Gasteiger partial charge in [0.15, 0.2) is 0 Å². The van der Waals surface area contributed by atoms with E-state index in [2.05, 4.69) is 4.98 Å². The normalized spacial score (nSPS) is 25.4. The summed E-state index contributed by atoms with van der Waals surface area (Å²) in [4.78, 5) is 3.33. The zero-order chi connectivity index (χ0) is 12.7. The second-order valence-electron chi connectivity index (χ2n) is 3.51. The lowest BCUT2D eigenvalue weighted by Crippen LogP contribution is -2.28. The molecule has 1 aliphatic rings. The fourth-order valence-corrected chi connectivity index (χ4v) is 2.86. The Morgan fingerprint density at radius 1 is 1.47 bits per heavy atom. The van der Waals surface area contributed by atoms with Crippen molar-refractivity contribution in [2.24, 2.45) is 5.14 Å². The average molecular weight is 278 g/mol. The van der Waals surface area contributed by atoms with Gasteiger partial charge in [-0.2, -0.15) is 0 Å². The molecule has 1 unspecified atom stereocenters. The van der Waals surface area contributed by atoms with Crippen molar-refractivity contribution in [3.8, 4) is 0 Å². The Labute approximate surface area is 101 Å². The lowest BCUT2D eigenvalue weighted by Gasteiger charge is -2.24. The summed E-state index contributed by atoms with van der Waals surface area (Å²) >= 11 is 0.915. The van der Waals surface area contributed by atoms with Crippen molar-refractivity contribution >= 4 is 21.4 Å². The molecule has 0 aliphatic heterocycles. The first-order valence-electron chi connectivity index (χ1n) is 4.52. The molecule has 1 heterocycles. The highest BCUT2D eigenvalue weighted by atomic mass is 32.2. The lowest BCUT2D eigenvalue weighted by atomic mass is 9.96. The summed E-state index contributed by atoms with van der Waals surface area (Å²) in [6.45, 7) is 0. The average Bonchev–Trinajstić information content (AvgIpc) is 2.74. The van der Waals surface area contributed by atoms with Crippen molar-refractivity contribution in [3.63, 3.8) is 0 Å². The van der Waals surface area contributed by atoms with Gasteiger partial charge in [0.2, 0.25) is 15.7 Å². The van der Waals surface area contributed by atoms with E-state index >= 15 is 0 Å². The second kappa shape index (κ2) is 3.97. The van der Waals surface area contributed by atoms with Crippen LogP contribution < -0.4 is 5.14 Å². The van der Waals surface area contributed by atoms with Crippen LogP contribution in [0.5, 0.6) is 0 Å². The Bertz CT molecular complexity index is 593. The van der Waals surface area contributed by atoms with E-state index in [-0.39, 0.29) is 9.91 Å². The van der Waals surface area contributed by atoms with Gasteiger partial charge in [-0.3, -0.25) is 0 Å². The minimum atomic E-state index is -4.02. The monoisotopic (exact) mass is 278 g/mol.